The monoisotopic (exact) mass is 253 g/mol. The van der Waals surface area contributed by atoms with Crippen molar-refractivity contribution in [1.82, 2.24) is 0 Å². The summed E-state index contributed by atoms with van der Waals surface area (Å²) in [5, 5.41) is 27.8. The fourth-order valence-corrected chi connectivity index (χ4v) is 1.36. The third-order valence-electron chi connectivity index (χ3n) is 2.33. The van der Waals surface area contributed by atoms with E-state index in [1.165, 1.54) is 20.2 Å². The summed E-state index contributed by atoms with van der Waals surface area (Å²) in [6.07, 6.45) is 0.0788. The number of phenolic OH excluding ortho intramolecular Hbond substituents is 1. The number of carbonyl (C=O) groups is 1. The van der Waals surface area contributed by atoms with E-state index in [2.05, 4.69) is 4.99 Å². The maximum absolute atomic E-state index is 10.8. The molecule has 0 amide bonds. The zero-order chi connectivity index (χ0) is 13.7. The molecule has 18 heavy (non-hydrogen) atoms. The quantitative estimate of drug-likeness (QED) is 0.669. The van der Waals surface area contributed by atoms with E-state index in [1.807, 2.05) is 0 Å². The Kier molecular flexibility index (Phi) is 4.67. The van der Waals surface area contributed by atoms with Crippen LogP contribution in [0.5, 0.6) is 11.5 Å². The molecule has 6 nitrogen and oxygen atoms in total. The standard InChI is InChI=1S/C12H15NO5/c1-7(14)10(12(16)17)13-6-8-4-3-5-9(18-2)11(8)15/h3-7,10,14-15H,1-2H3,(H,16,17)/t7-,10+/m1/s1. The van der Waals surface area contributed by atoms with E-state index in [4.69, 9.17) is 9.84 Å². The Morgan fingerprint density at radius 3 is 2.67 bits per heavy atom. The van der Waals surface area contributed by atoms with Gasteiger partial charge in [-0.3, -0.25) is 4.99 Å². The molecule has 2 atom stereocenters. The molecular formula is C12H15NO5. The minimum Gasteiger partial charge on any atom is -0.504 e. The molecule has 0 radical (unpaired) electrons. The van der Waals surface area contributed by atoms with Gasteiger partial charge in [-0.05, 0) is 19.1 Å². The second-order valence-electron chi connectivity index (χ2n) is 3.70. The third-order valence-corrected chi connectivity index (χ3v) is 2.33. The number of benzene rings is 1. The lowest BCUT2D eigenvalue weighted by Crippen LogP contribution is -2.29. The van der Waals surface area contributed by atoms with Crippen LogP contribution in [0, 0.1) is 0 Å². The molecule has 6 heteroatoms. The first-order chi connectivity index (χ1) is 8.47. The molecule has 0 spiro atoms. The van der Waals surface area contributed by atoms with Gasteiger partial charge in [0.15, 0.2) is 17.5 Å². The van der Waals surface area contributed by atoms with E-state index in [-0.39, 0.29) is 11.5 Å². The molecule has 0 aliphatic heterocycles. The van der Waals surface area contributed by atoms with Gasteiger partial charge in [0.25, 0.3) is 0 Å². The van der Waals surface area contributed by atoms with Crippen LogP contribution in [0.2, 0.25) is 0 Å². The topological polar surface area (TPSA) is 99.4 Å². The average Bonchev–Trinajstić information content (AvgIpc) is 2.30. The molecule has 1 aromatic rings. The number of para-hydroxylation sites is 1. The lowest BCUT2D eigenvalue weighted by molar-refractivity contribution is -0.140. The summed E-state index contributed by atoms with van der Waals surface area (Å²) < 4.78 is 4.91. The van der Waals surface area contributed by atoms with Crippen molar-refractivity contribution in [2.45, 2.75) is 19.1 Å². The highest BCUT2D eigenvalue weighted by molar-refractivity contribution is 5.87. The summed E-state index contributed by atoms with van der Waals surface area (Å²) in [4.78, 5) is 14.5. The minimum absolute atomic E-state index is 0.126. The molecule has 0 bridgehead atoms. The highest BCUT2D eigenvalue weighted by Gasteiger charge is 2.21. The molecule has 0 aliphatic rings. The summed E-state index contributed by atoms with van der Waals surface area (Å²) in [7, 11) is 1.41. The molecular weight excluding hydrogens is 238 g/mol. The molecule has 0 fully saturated rings. The number of phenols is 1. The number of carboxylic acid groups (broad SMARTS) is 1. The average molecular weight is 253 g/mol. The second kappa shape index (κ2) is 6.02. The summed E-state index contributed by atoms with van der Waals surface area (Å²) in [6.45, 7) is 1.33. The van der Waals surface area contributed by atoms with Crippen molar-refractivity contribution in [3.8, 4) is 11.5 Å². The van der Waals surface area contributed by atoms with E-state index in [0.717, 1.165) is 0 Å². The van der Waals surface area contributed by atoms with Gasteiger partial charge in [0.05, 0.1) is 13.2 Å². The second-order valence-corrected chi connectivity index (χ2v) is 3.70. The van der Waals surface area contributed by atoms with Crippen LogP contribution in [0.25, 0.3) is 0 Å². The number of ether oxygens (including phenoxy) is 1. The van der Waals surface area contributed by atoms with Crippen molar-refractivity contribution in [3.63, 3.8) is 0 Å². The molecule has 1 aromatic carbocycles. The summed E-state index contributed by atoms with van der Waals surface area (Å²) in [5.74, 6) is -1.09. The molecule has 0 saturated carbocycles. The largest absolute Gasteiger partial charge is 0.504 e. The molecule has 0 saturated heterocycles. The molecule has 0 heterocycles. The first-order valence-corrected chi connectivity index (χ1v) is 5.27. The number of hydrogen-bond donors (Lipinski definition) is 3. The van der Waals surface area contributed by atoms with Crippen molar-refractivity contribution in [3.05, 3.63) is 23.8 Å². The number of nitrogens with zero attached hydrogens (tertiary/aromatic N) is 1. The fourth-order valence-electron chi connectivity index (χ4n) is 1.36. The van der Waals surface area contributed by atoms with Crippen molar-refractivity contribution < 1.29 is 24.9 Å². The number of aromatic hydroxyl groups is 1. The van der Waals surface area contributed by atoms with Gasteiger partial charge in [-0.25, -0.2) is 4.79 Å². The highest BCUT2D eigenvalue weighted by atomic mass is 16.5. The molecule has 0 unspecified atom stereocenters. The van der Waals surface area contributed by atoms with Crippen molar-refractivity contribution in [2.24, 2.45) is 4.99 Å². The number of aliphatic hydroxyl groups is 1. The van der Waals surface area contributed by atoms with Gasteiger partial charge in [0.1, 0.15) is 0 Å². The van der Waals surface area contributed by atoms with Crippen molar-refractivity contribution >= 4 is 12.2 Å². The molecule has 1 rings (SSSR count). The van der Waals surface area contributed by atoms with Crippen LogP contribution >= 0.6 is 0 Å². The van der Waals surface area contributed by atoms with Crippen LogP contribution in [0.1, 0.15) is 12.5 Å². The highest BCUT2D eigenvalue weighted by Crippen LogP contribution is 2.28. The van der Waals surface area contributed by atoms with Gasteiger partial charge in [-0.15, -0.1) is 0 Å². The predicted octanol–water partition coefficient (Wildman–Crippen LogP) is 0.654. The summed E-state index contributed by atoms with van der Waals surface area (Å²) in [5.41, 5.74) is 0.321. The van der Waals surface area contributed by atoms with Gasteiger partial charge in [0, 0.05) is 11.8 Å². The van der Waals surface area contributed by atoms with Gasteiger partial charge < -0.3 is 20.1 Å². The third kappa shape index (κ3) is 3.21. The number of rotatable bonds is 5. The van der Waals surface area contributed by atoms with E-state index in [9.17, 15) is 15.0 Å². The number of aliphatic imine (C=N–C) groups is 1. The number of carboxylic acids is 1. The number of aliphatic hydroxyl groups excluding tert-OH is 1. The minimum atomic E-state index is -1.27. The van der Waals surface area contributed by atoms with Gasteiger partial charge >= 0.3 is 5.97 Å². The Morgan fingerprint density at radius 1 is 1.50 bits per heavy atom. The van der Waals surface area contributed by atoms with E-state index < -0.39 is 18.1 Å². The van der Waals surface area contributed by atoms with E-state index >= 15 is 0 Å². The van der Waals surface area contributed by atoms with Crippen LogP contribution < -0.4 is 4.74 Å². The maximum atomic E-state index is 10.8. The zero-order valence-electron chi connectivity index (χ0n) is 10.1. The Labute approximate surface area is 104 Å². The number of aliphatic carboxylic acids is 1. The van der Waals surface area contributed by atoms with E-state index in [0.29, 0.717) is 5.56 Å². The lowest BCUT2D eigenvalue weighted by Gasteiger charge is -2.10. The van der Waals surface area contributed by atoms with Crippen molar-refractivity contribution in [2.75, 3.05) is 7.11 Å². The molecule has 0 aliphatic carbocycles. The lowest BCUT2D eigenvalue weighted by atomic mass is 10.1. The van der Waals surface area contributed by atoms with Gasteiger partial charge in [-0.1, -0.05) is 6.07 Å². The molecule has 0 aromatic heterocycles. The Morgan fingerprint density at radius 2 is 2.17 bits per heavy atom. The smallest absolute Gasteiger partial charge is 0.331 e. The normalized spacial score (nSPS) is 14.4. The summed E-state index contributed by atoms with van der Waals surface area (Å²) >= 11 is 0. The Bertz CT molecular complexity index is 456. The SMILES string of the molecule is COc1cccc(C=N[C@H](C(=O)O)[C@@H](C)O)c1O. The summed E-state index contributed by atoms with van der Waals surface area (Å²) in [6, 6.07) is 3.49. The van der Waals surface area contributed by atoms with Gasteiger partial charge in [0.2, 0.25) is 0 Å². The first-order valence-electron chi connectivity index (χ1n) is 5.27. The first kappa shape index (κ1) is 14.0. The van der Waals surface area contributed by atoms with Crippen LogP contribution in [0.4, 0.5) is 0 Å². The number of methoxy groups -OCH3 is 1. The van der Waals surface area contributed by atoms with Gasteiger partial charge in [-0.2, -0.15) is 0 Å². The fraction of sp³-hybridized carbons (Fsp3) is 0.333. The predicted molar refractivity (Wildman–Crippen MR) is 65.4 cm³/mol. The van der Waals surface area contributed by atoms with Crippen LogP contribution in [0.3, 0.4) is 0 Å². The van der Waals surface area contributed by atoms with E-state index in [1.54, 1.807) is 18.2 Å². The van der Waals surface area contributed by atoms with Crippen molar-refractivity contribution in [1.29, 1.82) is 0 Å². The van der Waals surface area contributed by atoms with Crippen LogP contribution in [0.15, 0.2) is 23.2 Å². The molecule has 3 N–H and O–H groups in total. The Hall–Kier alpha value is -2.08. The zero-order valence-corrected chi connectivity index (χ0v) is 10.1. The van der Waals surface area contributed by atoms with Crippen LogP contribution in [-0.4, -0.2) is 46.8 Å². The maximum Gasteiger partial charge on any atom is 0.331 e. The number of hydrogen-bond acceptors (Lipinski definition) is 5. The Balaban J connectivity index is 2.99. The van der Waals surface area contributed by atoms with Crippen LogP contribution in [-0.2, 0) is 4.79 Å². The molecule has 98 valence electrons.